The molecule has 1 aromatic heterocycles. The number of nitrogens with zero attached hydrogens (tertiary/aromatic N) is 2. The van der Waals surface area contributed by atoms with Crippen molar-refractivity contribution in [2.45, 2.75) is 26.1 Å². The fourth-order valence-corrected chi connectivity index (χ4v) is 0.953. The minimum atomic E-state index is -0.284. The van der Waals surface area contributed by atoms with E-state index < -0.39 is 0 Å². The highest BCUT2D eigenvalue weighted by atomic mass is 16.5. The summed E-state index contributed by atoms with van der Waals surface area (Å²) in [5.41, 5.74) is 0.512. The lowest BCUT2D eigenvalue weighted by Gasteiger charge is -2.23. The number of hydrogen-bond donors (Lipinski definition) is 1. The summed E-state index contributed by atoms with van der Waals surface area (Å²) >= 11 is 0. The lowest BCUT2D eigenvalue weighted by molar-refractivity contribution is -0.0746. The van der Waals surface area contributed by atoms with E-state index >= 15 is 0 Å². The average molecular weight is 185 g/mol. The maximum atomic E-state index is 5.57. The number of ether oxygens (including phenoxy) is 2. The number of H-pyrrole nitrogens is 1. The Morgan fingerprint density at radius 2 is 2.31 bits per heavy atom. The van der Waals surface area contributed by atoms with Gasteiger partial charge >= 0.3 is 0 Å². The SMILES string of the molecule is COCC(C)(C)OCc1cn[nH]n1. The van der Waals surface area contributed by atoms with E-state index in [1.165, 1.54) is 0 Å². The van der Waals surface area contributed by atoms with Crippen molar-refractivity contribution >= 4 is 0 Å². The van der Waals surface area contributed by atoms with Crippen molar-refractivity contribution in [3.8, 4) is 0 Å². The second-order valence-corrected chi connectivity index (χ2v) is 3.44. The first-order valence-corrected chi connectivity index (χ1v) is 4.11. The van der Waals surface area contributed by atoms with E-state index in [0.717, 1.165) is 5.69 Å². The molecule has 0 saturated carbocycles. The molecule has 1 rings (SSSR count). The second kappa shape index (κ2) is 4.34. The first-order valence-electron chi connectivity index (χ1n) is 4.11. The number of aromatic amines is 1. The lowest BCUT2D eigenvalue weighted by atomic mass is 10.1. The van der Waals surface area contributed by atoms with Crippen molar-refractivity contribution in [1.29, 1.82) is 0 Å². The summed E-state index contributed by atoms with van der Waals surface area (Å²) in [6.45, 7) is 4.95. The molecule has 1 heterocycles. The summed E-state index contributed by atoms with van der Waals surface area (Å²) in [5.74, 6) is 0. The third-order valence-corrected chi connectivity index (χ3v) is 1.57. The molecule has 1 N–H and O–H groups in total. The van der Waals surface area contributed by atoms with E-state index in [9.17, 15) is 0 Å². The molecule has 0 saturated heterocycles. The molecule has 5 heteroatoms. The van der Waals surface area contributed by atoms with Gasteiger partial charge in [-0.25, -0.2) is 0 Å². The second-order valence-electron chi connectivity index (χ2n) is 3.44. The van der Waals surface area contributed by atoms with Gasteiger partial charge in [0.05, 0.1) is 25.0 Å². The molecule has 0 radical (unpaired) electrons. The fraction of sp³-hybridized carbons (Fsp3) is 0.750. The summed E-state index contributed by atoms with van der Waals surface area (Å²) in [6, 6.07) is 0. The lowest BCUT2D eigenvalue weighted by Crippen LogP contribution is -2.29. The molecule has 0 bridgehead atoms. The van der Waals surface area contributed by atoms with Gasteiger partial charge in [0.1, 0.15) is 5.69 Å². The zero-order chi connectivity index (χ0) is 9.73. The maximum Gasteiger partial charge on any atom is 0.108 e. The van der Waals surface area contributed by atoms with E-state index in [1.54, 1.807) is 13.3 Å². The molecule has 5 nitrogen and oxygen atoms in total. The van der Waals surface area contributed by atoms with Gasteiger partial charge in [-0.1, -0.05) is 0 Å². The van der Waals surface area contributed by atoms with Crippen LogP contribution in [0.3, 0.4) is 0 Å². The largest absolute Gasteiger partial charge is 0.382 e. The summed E-state index contributed by atoms with van der Waals surface area (Å²) in [4.78, 5) is 0. The minimum absolute atomic E-state index is 0.284. The molecule has 0 spiro atoms. The van der Waals surface area contributed by atoms with Crippen LogP contribution in [0.5, 0.6) is 0 Å². The molecule has 1 aromatic rings. The van der Waals surface area contributed by atoms with Crippen molar-refractivity contribution in [1.82, 2.24) is 15.4 Å². The Kier molecular flexibility index (Phi) is 3.39. The van der Waals surface area contributed by atoms with Gasteiger partial charge in [-0.2, -0.15) is 15.4 Å². The first-order chi connectivity index (χ1) is 6.14. The number of rotatable bonds is 5. The van der Waals surface area contributed by atoms with Gasteiger partial charge in [-0.05, 0) is 13.8 Å². The van der Waals surface area contributed by atoms with E-state index in [4.69, 9.17) is 9.47 Å². The molecule has 13 heavy (non-hydrogen) atoms. The molecule has 74 valence electrons. The molecule has 0 amide bonds. The Balaban J connectivity index is 2.33. The van der Waals surface area contributed by atoms with E-state index in [0.29, 0.717) is 13.2 Å². The predicted octanol–water partition coefficient (Wildman–Crippen LogP) is 0.746. The van der Waals surface area contributed by atoms with Gasteiger partial charge in [0.15, 0.2) is 0 Å². The third kappa shape index (κ3) is 3.52. The third-order valence-electron chi connectivity index (χ3n) is 1.57. The summed E-state index contributed by atoms with van der Waals surface area (Å²) in [5, 5.41) is 10.1. The van der Waals surface area contributed by atoms with Crippen LogP contribution in [0.2, 0.25) is 0 Å². The fourth-order valence-electron chi connectivity index (χ4n) is 0.953. The number of hydrogen-bond acceptors (Lipinski definition) is 4. The van der Waals surface area contributed by atoms with Crippen LogP contribution < -0.4 is 0 Å². The molecule has 0 fully saturated rings. The molecular weight excluding hydrogens is 170 g/mol. The monoisotopic (exact) mass is 185 g/mol. The van der Waals surface area contributed by atoms with Crippen molar-refractivity contribution < 1.29 is 9.47 Å². The summed E-state index contributed by atoms with van der Waals surface area (Å²) < 4.78 is 10.6. The molecule has 0 unspecified atom stereocenters. The Hall–Kier alpha value is -0.940. The van der Waals surface area contributed by atoms with Crippen LogP contribution >= 0.6 is 0 Å². The molecular formula is C8H15N3O2. The first kappa shape index (κ1) is 10.1. The van der Waals surface area contributed by atoms with Crippen LogP contribution in [0.15, 0.2) is 6.20 Å². The average Bonchev–Trinajstić information content (AvgIpc) is 2.52. The standard InChI is InChI=1S/C8H15N3O2/c1-8(2,6-12-3)13-5-7-4-9-11-10-7/h4H,5-6H2,1-3H3,(H,9,10,11). The Bertz CT molecular complexity index is 234. The summed E-state index contributed by atoms with van der Waals surface area (Å²) in [6.07, 6.45) is 1.64. The summed E-state index contributed by atoms with van der Waals surface area (Å²) in [7, 11) is 1.65. The number of aromatic nitrogens is 3. The Labute approximate surface area is 77.4 Å². The molecule has 0 atom stereocenters. The van der Waals surface area contributed by atoms with Crippen molar-refractivity contribution in [2.24, 2.45) is 0 Å². The zero-order valence-corrected chi connectivity index (χ0v) is 8.20. The van der Waals surface area contributed by atoms with Gasteiger partial charge in [0.2, 0.25) is 0 Å². The van der Waals surface area contributed by atoms with E-state index in [1.807, 2.05) is 13.8 Å². The minimum Gasteiger partial charge on any atom is -0.382 e. The zero-order valence-electron chi connectivity index (χ0n) is 8.20. The van der Waals surface area contributed by atoms with Crippen molar-refractivity contribution in [3.63, 3.8) is 0 Å². The number of methoxy groups -OCH3 is 1. The topological polar surface area (TPSA) is 60.0 Å². The van der Waals surface area contributed by atoms with Gasteiger partial charge in [0.25, 0.3) is 0 Å². The number of nitrogens with one attached hydrogen (secondary N) is 1. The van der Waals surface area contributed by atoms with Crippen molar-refractivity contribution in [3.05, 3.63) is 11.9 Å². The molecule has 0 aliphatic rings. The van der Waals surface area contributed by atoms with Gasteiger partial charge in [-0.3, -0.25) is 0 Å². The Morgan fingerprint density at radius 1 is 1.54 bits per heavy atom. The van der Waals surface area contributed by atoms with Gasteiger partial charge in [-0.15, -0.1) is 0 Å². The van der Waals surface area contributed by atoms with Gasteiger partial charge in [0, 0.05) is 7.11 Å². The quantitative estimate of drug-likeness (QED) is 0.735. The molecule has 0 aromatic carbocycles. The van der Waals surface area contributed by atoms with Crippen molar-refractivity contribution in [2.75, 3.05) is 13.7 Å². The predicted molar refractivity (Wildman–Crippen MR) is 47.1 cm³/mol. The molecule has 0 aliphatic carbocycles. The Morgan fingerprint density at radius 3 is 2.85 bits per heavy atom. The van der Waals surface area contributed by atoms with Crippen LogP contribution in [0.25, 0.3) is 0 Å². The highest BCUT2D eigenvalue weighted by molar-refractivity contribution is 4.87. The highest BCUT2D eigenvalue weighted by Crippen LogP contribution is 2.11. The van der Waals surface area contributed by atoms with Crippen LogP contribution in [-0.4, -0.2) is 34.7 Å². The smallest absolute Gasteiger partial charge is 0.108 e. The molecule has 0 aliphatic heterocycles. The highest BCUT2D eigenvalue weighted by Gasteiger charge is 2.18. The normalized spacial score (nSPS) is 11.9. The van der Waals surface area contributed by atoms with Crippen LogP contribution in [0.4, 0.5) is 0 Å². The van der Waals surface area contributed by atoms with E-state index in [2.05, 4.69) is 15.4 Å². The van der Waals surface area contributed by atoms with Crippen LogP contribution in [0.1, 0.15) is 19.5 Å². The van der Waals surface area contributed by atoms with Gasteiger partial charge < -0.3 is 9.47 Å². The van der Waals surface area contributed by atoms with Crippen LogP contribution in [0, 0.1) is 0 Å². The van der Waals surface area contributed by atoms with Crippen LogP contribution in [-0.2, 0) is 16.1 Å². The maximum absolute atomic E-state index is 5.57. The van der Waals surface area contributed by atoms with E-state index in [-0.39, 0.29) is 5.60 Å².